The lowest BCUT2D eigenvalue weighted by Gasteiger charge is -2.07. The molecule has 0 spiro atoms. The van der Waals surface area contributed by atoms with Crippen molar-refractivity contribution in [2.24, 2.45) is 25.9 Å². The van der Waals surface area contributed by atoms with Crippen LogP contribution in [0.15, 0.2) is 73.3 Å². The highest BCUT2D eigenvalue weighted by Crippen LogP contribution is 2.43. The maximum Gasteiger partial charge on any atom is 0.441 e. The van der Waals surface area contributed by atoms with Gasteiger partial charge in [-0.25, -0.2) is 14.8 Å². The number of carbonyl (C=O) groups excluding carboxylic acids is 1. The first-order valence-electron chi connectivity index (χ1n) is 16.3. The number of nitrogens with zero attached hydrogens (tertiary/aromatic N) is 9. The van der Waals surface area contributed by atoms with Gasteiger partial charge < -0.3 is 5.32 Å². The number of amides is 2. The van der Waals surface area contributed by atoms with E-state index in [-0.39, 0.29) is 11.9 Å². The van der Waals surface area contributed by atoms with Crippen LogP contribution in [0.4, 0.5) is 16.6 Å². The molecule has 12 heteroatoms. The number of nitrogens with one attached hydrogen (secondary N) is 2. The average molecular weight is 643 g/mol. The van der Waals surface area contributed by atoms with Gasteiger partial charge in [-0.3, -0.25) is 14.7 Å². The van der Waals surface area contributed by atoms with Gasteiger partial charge in [-0.05, 0) is 43.9 Å². The minimum Gasteiger partial charge on any atom is -0.354 e. The largest absolute Gasteiger partial charge is 0.441 e. The van der Waals surface area contributed by atoms with Gasteiger partial charge in [0.05, 0.1) is 30.2 Å². The first-order chi connectivity index (χ1) is 23.4. The standard InChI is InChI=1S/C36H39N11O/c1-5-10-29-30(13-9-16-38-35-40-21-27(18-37)33(43-35)31-17-24(2)46(4)44-31)34(29)47(36(48)41-19-25-11-7-6-8-12-25)32-15-14-26(20-39-32)28-22-42-45(3)23-28/h6-8,11-12,14-15,17,20-23,29-30H,5,9-10,13,16,19H2,1-4H3,(H-,38,40,41,43,48)/p+1/b47-34-/t29-,30?/m1/s1. The third-order valence-electron chi connectivity index (χ3n) is 8.74. The first-order valence-corrected chi connectivity index (χ1v) is 16.3. The molecular formula is C36H40N11O+. The number of pyridine rings is 1. The van der Waals surface area contributed by atoms with E-state index in [9.17, 15) is 10.1 Å². The van der Waals surface area contributed by atoms with Crippen molar-refractivity contribution >= 4 is 23.5 Å². The summed E-state index contributed by atoms with van der Waals surface area (Å²) < 4.78 is 5.31. The Morgan fingerprint density at radius 2 is 1.83 bits per heavy atom. The summed E-state index contributed by atoms with van der Waals surface area (Å²) >= 11 is 0. The predicted octanol–water partition coefficient (Wildman–Crippen LogP) is 5.79. The van der Waals surface area contributed by atoms with Crippen molar-refractivity contribution in [2.45, 2.75) is 46.1 Å². The monoisotopic (exact) mass is 642 g/mol. The lowest BCUT2D eigenvalue weighted by Crippen LogP contribution is -2.32. The van der Waals surface area contributed by atoms with Crippen LogP contribution < -0.4 is 10.6 Å². The first kappa shape index (κ1) is 32.2. The Labute approximate surface area is 280 Å². The van der Waals surface area contributed by atoms with E-state index in [4.69, 9.17) is 4.98 Å². The average Bonchev–Trinajstić information content (AvgIpc) is 3.37. The Morgan fingerprint density at radius 1 is 1.02 bits per heavy atom. The number of aryl methyl sites for hydroxylation is 3. The number of nitriles is 1. The van der Waals surface area contributed by atoms with Crippen molar-refractivity contribution < 1.29 is 9.37 Å². The van der Waals surface area contributed by atoms with E-state index in [1.165, 1.54) is 6.20 Å². The number of rotatable bonds is 12. The molecule has 1 aromatic carbocycles. The summed E-state index contributed by atoms with van der Waals surface area (Å²) in [5, 5.41) is 24.9. The van der Waals surface area contributed by atoms with Crippen LogP contribution in [-0.4, -0.2) is 57.4 Å². The van der Waals surface area contributed by atoms with Gasteiger partial charge in [-0.2, -0.15) is 20.0 Å². The van der Waals surface area contributed by atoms with Gasteiger partial charge in [0.25, 0.3) is 5.82 Å². The van der Waals surface area contributed by atoms with Gasteiger partial charge in [-0.1, -0.05) is 43.7 Å². The molecule has 1 unspecified atom stereocenters. The maximum atomic E-state index is 13.9. The van der Waals surface area contributed by atoms with E-state index in [0.717, 1.165) is 53.8 Å². The SMILES string of the molecule is CCC[C@H]1/C(=[N+](/C(=O)NCc2ccccc2)c2ccc(-c3cnn(C)c3)cn2)C1CCCNc1ncc(C#N)c(-c2cc(C)n(C)n2)n1. The second-order valence-corrected chi connectivity index (χ2v) is 12.1. The Hall–Kier alpha value is -5.70. The quantitative estimate of drug-likeness (QED) is 0.129. The molecule has 244 valence electrons. The fourth-order valence-electron chi connectivity index (χ4n) is 6.11. The fraction of sp³-hybridized carbons (Fsp3) is 0.333. The number of carbonyl (C=O) groups is 1. The third kappa shape index (κ3) is 7.15. The second-order valence-electron chi connectivity index (χ2n) is 12.1. The van der Waals surface area contributed by atoms with Crippen LogP contribution >= 0.6 is 0 Å². The molecule has 4 heterocycles. The summed E-state index contributed by atoms with van der Waals surface area (Å²) in [5.41, 5.74) is 6.56. The number of hydrogen-bond donors (Lipinski definition) is 2. The molecule has 0 radical (unpaired) electrons. The van der Waals surface area contributed by atoms with Crippen LogP contribution in [0.2, 0.25) is 0 Å². The molecule has 5 aromatic rings. The molecule has 0 aliphatic heterocycles. The lowest BCUT2D eigenvalue weighted by atomic mass is 10.1. The van der Waals surface area contributed by atoms with Gasteiger partial charge in [0.2, 0.25) is 5.95 Å². The molecule has 0 bridgehead atoms. The number of aromatic nitrogens is 7. The van der Waals surface area contributed by atoms with Gasteiger partial charge in [0, 0.05) is 61.6 Å². The lowest BCUT2D eigenvalue weighted by molar-refractivity contribution is -0.337. The minimum atomic E-state index is -0.180. The Balaban J connectivity index is 1.19. The molecule has 1 aliphatic rings. The molecule has 2 N–H and O–H groups in total. The molecule has 0 saturated heterocycles. The minimum absolute atomic E-state index is 0.180. The highest BCUT2D eigenvalue weighted by Gasteiger charge is 2.50. The molecule has 1 saturated carbocycles. The molecule has 2 amide bonds. The maximum absolute atomic E-state index is 13.9. The Morgan fingerprint density at radius 3 is 2.50 bits per heavy atom. The Bertz CT molecular complexity index is 1950. The van der Waals surface area contributed by atoms with Gasteiger partial charge in [-0.15, -0.1) is 4.98 Å². The van der Waals surface area contributed by atoms with E-state index >= 15 is 0 Å². The van der Waals surface area contributed by atoms with E-state index < -0.39 is 0 Å². The van der Waals surface area contributed by atoms with Crippen molar-refractivity contribution in [1.29, 1.82) is 5.26 Å². The predicted molar refractivity (Wildman–Crippen MR) is 183 cm³/mol. The van der Waals surface area contributed by atoms with Crippen LogP contribution in [0.25, 0.3) is 22.5 Å². The van der Waals surface area contributed by atoms with Crippen LogP contribution in [-0.2, 0) is 20.6 Å². The summed E-state index contributed by atoms with van der Waals surface area (Å²) in [6, 6.07) is 17.7. The van der Waals surface area contributed by atoms with Gasteiger partial charge in [0.15, 0.2) is 0 Å². The third-order valence-corrected chi connectivity index (χ3v) is 8.74. The highest BCUT2D eigenvalue weighted by atomic mass is 16.2. The summed E-state index contributed by atoms with van der Waals surface area (Å²) in [7, 11) is 3.75. The number of anilines is 1. The zero-order valence-corrected chi connectivity index (χ0v) is 27.8. The molecule has 6 rings (SSSR count). The molecule has 1 fully saturated rings. The highest BCUT2D eigenvalue weighted by molar-refractivity contribution is 6.03. The van der Waals surface area contributed by atoms with Gasteiger partial charge in [0.1, 0.15) is 23.7 Å². The van der Waals surface area contributed by atoms with Crippen molar-refractivity contribution in [1.82, 2.24) is 39.8 Å². The topological polar surface area (TPSA) is 142 Å². The summed E-state index contributed by atoms with van der Waals surface area (Å²) in [6.45, 7) is 5.21. The van der Waals surface area contributed by atoms with Crippen LogP contribution in [0, 0.1) is 30.1 Å². The van der Waals surface area contributed by atoms with Crippen molar-refractivity contribution in [3.05, 3.63) is 90.1 Å². The smallest absolute Gasteiger partial charge is 0.354 e. The zero-order valence-electron chi connectivity index (χ0n) is 27.8. The number of hydrogen-bond acceptors (Lipinski definition) is 8. The van der Waals surface area contributed by atoms with Crippen LogP contribution in [0.5, 0.6) is 0 Å². The van der Waals surface area contributed by atoms with E-state index in [1.807, 2.05) is 75.7 Å². The summed E-state index contributed by atoms with van der Waals surface area (Å²) in [4.78, 5) is 27.6. The van der Waals surface area contributed by atoms with E-state index in [2.05, 4.69) is 43.8 Å². The van der Waals surface area contributed by atoms with Crippen molar-refractivity contribution in [2.75, 3.05) is 11.9 Å². The molecule has 12 nitrogen and oxygen atoms in total. The van der Waals surface area contributed by atoms with E-state index in [0.29, 0.717) is 47.7 Å². The van der Waals surface area contributed by atoms with Crippen molar-refractivity contribution in [3.63, 3.8) is 0 Å². The second kappa shape index (κ2) is 14.4. The van der Waals surface area contributed by atoms with Crippen LogP contribution in [0.3, 0.4) is 0 Å². The molecule has 2 atom stereocenters. The van der Waals surface area contributed by atoms with Gasteiger partial charge >= 0.3 is 6.03 Å². The van der Waals surface area contributed by atoms with Crippen LogP contribution in [0.1, 0.15) is 49.4 Å². The molecule has 1 aliphatic carbocycles. The summed E-state index contributed by atoms with van der Waals surface area (Å²) in [6.07, 6.45) is 10.9. The zero-order chi connectivity index (χ0) is 33.6. The summed E-state index contributed by atoms with van der Waals surface area (Å²) in [5.74, 6) is 1.61. The normalized spacial score (nSPS) is 16.3. The van der Waals surface area contributed by atoms with Crippen molar-refractivity contribution in [3.8, 4) is 28.6 Å². The molecule has 4 aromatic heterocycles. The Kier molecular flexibility index (Phi) is 9.66. The molecule has 48 heavy (non-hydrogen) atoms. The van der Waals surface area contributed by atoms with E-state index in [1.54, 1.807) is 26.3 Å². The fourth-order valence-corrected chi connectivity index (χ4v) is 6.11. The molecular weight excluding hydrogens is 602 g/mol. The number of urea groups is 1. The number of benzene rings is 1.